The predicted molar refractivity (Wildman–Crippen MR) is 130 cm³/mol. The van der Waals surface area contributed by atoms with Crippen LogP contribution in [0, 0.1) is 12.8 Å². The zero-order valence-corrected chi connectivity index (χ0v) is 19.9. The third-order valence-corrected chi connectivity index (χ3v) is 6.79. The van der Waals surface area contributed by atoms with Crippen LogP contribution in [-0.4, -0.2) is 32.5 Å². The standard InChI is InChI=1S/C26H33N5O2/c1-5-31-25-22(15-28-31)24(30-21-12-10-20(11-13-21)18(4)32)23(14-27-25)26(33)29-17(3)19-8-6-16(2)7-9-19/h6-9,14-15,17,20-21H,5,10-13H2,1-4H3,(H,27,30)(H,29,33)/t17-,20?,21?/m1/s1. The van der Waals surface area contributed by atoms with Crippen LogP contribution in [0.1, 0.15) is 74.0 Å². The quantitative estimate of drug-likeness (QED) is 0.543. The lowest BCUT2D eigenvalue weighted by atomic mass is 9.84. The molecule has 33 heavy (non-hydrogen) atoms. The van der Waals surface area contributed by atoms with E-state index in [0.717, 1.165) is 48.0 Å². The fourth-order valence-corrected chi connectivity index (χ4v) is 4.65. The maximum atomic E-state index is 13.4. The van der Waals surface area contributed by atoms with Crippen molar-refractivity contribution < 1.29 is 9.59 Å². The normalized spacial score (nSPS) is 19.3. The minimum atomic E-state index is -0.165. The lowest BCUT2D eigenvalue weighted by molar-refractivity contribution is -0.121. The summed E-state index contributed by atoms with van der Waals surface area (Å²) in [6.45, 7) is 8.44. The number of carbonyl (C=O) groups excluding carboxylic acids is 2. The number of nitrogens with one attached hydrogen (secondary N) is 2. The van der Waals surface area contributed by atoms with E-state index in [-0.39, 0.29) is 29.7 Å². The Hall–Kier alpha value is -3.22. The van der Waals surface area contributed by atoms with Gasteiger partial charge in [-0.1, -0.05) is 29.8 Å². The first-order chi connectivity index (χ1) is 15.9. The molecule has 0 radical (unpaired) electrons. The van der Waals surface area contributed by atoms with E-state index in [9.17, 15) is 9.59 Å². The first-order valence-electron chi connectivity index (χ1n) is 11.9. The topological polar surface area (TPSA) is 88.9 Å². The Labute approximate surface area is 195 Å². The van der Waals surface area contributed by atoms with Crippen LogP contribution in [0.4, 0.5) is 5.69 Å². The van der Waals surface area contributed by atoms with Crippen molar-refractivity contribution >= 4 is 28.4 Å². The Morgan fingerprint density at radius 2 is 1.82 bits per heavy atom. The van der Waals surface area contributed by atoms with Gasteiger partial charge < -0.3 is 10.6 Å². The van der Waals surface area contributed by atoms with Crippen molar-refractivity contribution in [1.29, 1.82) is 0 Å². The monoisotopic (exact) mass is 447 g/mol. The number of rotatable bonds is 7. The van der Waals surface area contributed by atoms with Gasteiger partial charge in [0.05, 0.1) is 28.9 Å². The minimum absolute atomic E-state index is 0.133. The molecule has 3 aromatic rings. The van der Waals surface area contributed by atoms with Crippen LogP contribution in [0.2, 0.25) is 0 Å². The smallest absolute Gasteiger partial charge is 0.255 e. The fraction of sp³-hybridized carbons (Fsp3) is 0.462. The average molecular weight is 448 g/mol. The number of nitrogens with zero attached hydrogens (tertiary/aromatic N) is 3. The number of benzene rings is 1. The molecule has 1 saturated carbocycles. The molecular formula is C26H33N5O2. The van der Waals surface area contributed by atoms with Gasteiger partial charge in [0.25, 0.3) is 5.91 Å². The van der Waals surface area contributed by atoms with Crippen LogP contribution < -0.4 is 10.6 Å². The third-order valence-electron chi connectivity index (χ3n) is 6.79. The average Bonchev–Trinajstić information content (AvgIpc) is 3.23. The van der Waals surface area contributed by atoms with Crippen LogP contribution in [-0.2, 0) is 11.3 Å². The summed E-state index contributed by atoms with van der Waals surface area (Å²) in [5.41, 5.74) is 4.30. The molecule has 2 heterocycles. The highest BCUT2D eigenvalue weighted by Gasteiger charge is 2.27. The summed E-state index contributed by atoms with van der Waals surface area (Å²) in [6, 6.07) is 8.26. The summed E-state index contributed by atoms with van der Waals surface area (Å²) >= 11 is 0. The zero-order chi connectivity index (χ0) is 23.5. The summed E-state index contributed by atoms with van der Waals surface area (Å²) in [5, 5.41) is 12.1. The van der Waals surface area contributed by atoms with Gasteiger partial charge in [0.1, 0.15) is 5.78 Å². The van der Waals surface area contributed by atoms with Gasteiger partial charge in [0.2, 0.25) is 0 Å². The van der Waals surface area contributed by atoms with E-state index < -0.39 is 0 Å². The van der Waals surface area contributed by atoms with Crippen LogP contribution in [0.15, 0.2) is 36.7 Å². The molecule has 4 rings (SSSR count). The Balaban J connectivity index is 1.61. The van der Waals surface area contributed by atoms with E-state index in [1.807, 2.05) is 37.6 Å². The van der Waals surface area contributed by atoms with E-state index in [1.54, 1.807) is 19.3 Å². The molecule has 1 aromatic carbocycles. The Morgan fingerprint density at radius 1 is 1.12 bits per heavy atom. The molecule has 7 nitrogen and oxygen atoms in total. The molecule has 0 aliphatic heterocycles. The van der Waals surface area contributed by atoms with Gasteiger partial charge in [-0.25, -0.2) is 9.67 Å². The van der Waals surface area contributed by atoms with Crippen LogP contribution in [0.5, 0.6) is 0 Å². The zero-order valence-electron chi connectivity index (χ0n) is 19.9. The van der Waals surface area contributed by atoms with Crippen molar-refractivity contribution in [3.8, 4) is 0 Å². The molecule has 1 atom stereocenters. The SMILES string of the molecule is CCn1ncc2c(NC3CCC(C(C)=O)CC3)c(C(=O)N[C@H](C)c3ccc(C)cc3)cnc21. The Bertz CT molecular complexity index is 1140. The van der Waals surface area contributed by atoms with Crippen LogP contribution in [0.25, 0.3) is 11.0 Å². The summed E-state index contributed by atoms with van der Waals surface area (Å²) in [7, 11) is 0. The maximum Gasteiger partial charge on any atom is 0.255 e. The summed E-state index contributed by atoms with van der Waals surface area (Å²) in [5.74, 6) is 0.261. The van der Waals surface area contributed by atoms with Crippen molar-refractivity contribution in [3.05, 3.63) is 53.3 Å². The number of fused-ring (bicyclic) bond motifs is 1. The van der Waals surface area contributed by atoms with Gasteiger partial charge in [-0.15, -0.1) is 0 Å². The molecule has 1 aliphatic rings. The van der Waals surface area contributed by atoms with E-state index in [2.05, 4.69) is 32.8 Å². The molecule has 1 aliphatic carbocycles. The molecule has 0 saturated heterocycles. The minimum Gasteiger partial charge on any atom is -0.381 e. The van der Waals surface area contributed by atoms with Crippen molar-refractivity contribution in [3.63, 3.8) is 0 Å². The van der Waals surface area contributed by atoms with Crippen molar-refractivity contribution in [1.82, 2.24) is 20.1 Å². The molecule has 0 bridgehead atoms. The second kappa shape index (κ2) is 9.73. The number of Topliss-reactive ketones (excluding diaryl/α,β-unsaturated/α-hetero) is 1. The number of amides is 1. The van der Waals surface area contributed by atoms with Gasteiger partial charge >= 0.3 is 0 Å². The molecule has 0 unspecified atom stereocenters. The second-order valence-corrected chi connectivity index (χ2v) is 9.15. The van der Waals surface area contributed by atoms with Gasteiger partial charge in [-0.05, 0) is 58.9 Å². The number of aryl methyl sites for hydroxylation is 2. The fourth-order valence-electron chi connectivity index (χ4n) is 4.65. The first-order valence-corrected chi connectivity index (χ1v) is 11.9. The third kappa shape index (κ3) is 4.92. The van der Waals surface area contributed by atoms with E-state index in [4.69, 9.17) is 0 Å². The van der Waals surface area contributed by atoms with Gasteiger partial charge in [0.15, 0.2) is 5.65 Å². The number of ketones is 1. The predicted octanol–water partition coefficient (Wildman–Crippen LogP) is 4.81. The van der Waals surface area contributed by atoms with E-state index in [0.29, 0.717) is 12.1 Å². The first kappa shape index (κ1) is 23.0. The molecule has 174 valence electrons. The number of carbonyl (C=O) groups is 2. The highest BCUT2D eigenvalue weighted by Crippen LogP contribution is 2.32. The number of pyridine rings is 1. The van der Waals surface area contributed by atoms with Crippen LogP contribution in [0.3, 0.4) is 0 Å². The Morgan fingerprint density at radius 3 is 2.45 bits per heavy atom. The maximum absolute atomic E-state index is 13.4. The van der Waals surface area contributed by atoms with E-state index >= 15 is 0 Å². The van der Waals surface area contributed by atoms with Gasteiger partial charge in [0, 0.05) is 24.7 Å². The molecule has 1 amide bonds. The van der Waals surface area contributed by atoms with Gasteiger partial charge in [-0.2, -0.15) is 5.10 Å². The number of hydrogen-bond acceptors (Lipinski definition) is 5. The van der Waals surface area contributed by atoms with Crippen LogP contribution >= 0.6 is 0 Å². The second-order valence-electron chi connectivity index (χ2n) is 9.15. The highest BCUT2D eigenvalue weighted by atomic mass is 16.1. The molecule has 1 fully saturated rings. The largest absolute Gasteiger partial charge is 0.381 e. The number of aromatic nitrogens is 3. The summed E-state index contributed by atoms with van der Waals surface area (Å²) < 4.78 is 1.84. The van der Waals surface area contributed by atoms with Crippen molar-refractivity contribution in [2.45, 2.75) is 72.0 Å². The molecular weight excluding hydrogens is 414 g/mol. The lowest BCUT2D eigenvalue weighted by Gasteiger charge is -2.29. The van der Waals surface area contributed by atoms with Crippen molar-refractivity contribution in [2.75, 3.05) is 5.32 Å². The number of anilines is 1. The van der Waals surface area contributed by atoms with E-state index in [1.165, 1.54) is 5.56 Å². The molecule has 2 N–H and O–H groups in total. The Kier molecular flexibility index (Phi) is 6.77. The summed E-state index contributed by atoms with van der Waals surface area (Å²) in [4.78, 5) is 29.7. The number of hydrogen-bond donors (Lipinski definition) is 2. The summed E-state index contributed by atoms with van der Waals surface area (Å²) in [6.07, 6.45) is 6.99. The molecule has 7 heteroatoms. The molecule has 2 aromatic heterocycles. The van der Waals surface area contributed by atoms with Crippen molar-refractivity contribution in [2.24, 2.45) is 5.92 Å². The van der Waals surface area contributed by atoms with Gasteiger partial charge in [-0.3, -0.25) is 9.59 Å². The lowest BCUT2D eigenvalue weighted by Crippen LogP contribution is -2.31. The molecule has 0 spiro atoms. The highest BCUT2D eigenvalue weighted by molar-refractivity contribution is 6.06.